The first-order valence-corrected chi connectivity index (χ1v) is 12.0. The molecule has 0 spiro atoms. The molecule has 1 atom stereocenters. The molecule has 0 aromatic heterocycles. The molecule has 1 heterocycles. The number of fused-ring (bicyclic) bond motifs is 1. The highest BCUT2D eigenvalue weighted by Crippen LogP contribution is 2.35. The molecule has 1 amide bonds. The second-order valence-corrected chi connectivity index (χ2v) is 10.1. The van der Waals surface area contributed by atoms with Gasteiger partial charge in [-0.2, -0.15) is 0 Å². The van der Waals surface area contributed by atoms with Crippen LogP contribution in [0.25, 0.3) is 0 Å². The van der Waals surface area contributed by atoms with E-state index in [0.717, 1.165) is 18.4 Å². The van der Waals surface area contributed by atoms with Crippen LogP contribution in [0, 0.1) is 0 Å². The topological polar surface area (TPSA) is 66.5 Å². The number of hydrogen-bond donors (Lipinski definition) is 1. The minimum absolute atomic E-state index is 0.0337. The van der Waals surface area contributed by atoms with E-state index in [2.05, 4.69) is 23.5 Å². The number of nitrogens with one attached hydrogen (secondary N) is 1. The molecule has 154 valence electrons. The summed E-state index contributed by atoms with van der Waals surface area (Å²) in [7, 11) is -3.32. The van der Waals surface area contributed by atoms with Crippen LogP contribution in [0.2, 0.25) is 0 Å². The van der Waals surface area contributed by atoms with Crippen LogP contribution in [-0.4, -0.2) is 37.8 Å². The Labute approximate surface area is 173 Å². The molecule has 1 aliphatic carbocycles. The summed E-state index contributed by atoms with van der Waals surface area (Å²) in [6.45, 7) is 0.929. The molecule has 4 rings (SSSR count). The van der Waals surface area contributed by atoms with Crippen molar-refractivity contribution in [2.45, 2.75) is 49.8 Å². The zero-order chi connectivity index (χ0) is 20.3. The highest BCUT2D eigenvalue weighted by Gasteiger charge is 2.30. The van der Waals surface area contributed by atoms with Gasteiger partial charge in [-0.3, -0.25) is 4.79 Å². The summed E-state index contributed by atoms with van der Waals surface area (Å²) in [5.41, 5.74) is 3.48. The van der Waals surface area contributed by atoms with E-state index in [1.807, 2.05) is 36.4 Å². The molecule has 2 aromatic rings. The van der Waals surface area contributed by atoms with Crippen LogP contribution in [0.3, 0.4) is 0 Å². The number of amides is 1. The van der Waals surface area contributed by atoms with Crippen molar-refractivity contribution in [2.75, 3.05) is 13.1 Å². The van der Waals surface area contributed by atoms with Crippen molar-refractivity contribution < 1.29 is 13.2 Å². The predicted octanol–water partition coefficient (Wildman–Crippen LogP) is 3.22. The lowest BCUT2D eigenvalue weighted by Crippen LogP contribution is -2.46. The second-order valence-electron chi connectivity index (χ2n) is 8.12. The molecule has 5 nitrogen and oxygen atoms in total. The lowest BCUT2D eigenvalue weighted by Gasteiger charge is -2.32. The van der Waals surface area contributed by atoms with E-state index >= 15 is 0 Å². The quantitative estimate of drug-likeness (QED) is 0.792. The summed E-state index contributed by atoms with van der Waals surface area (Å²) in [5, 5.41) is 3.14. The first kappa shape index (κ1) is 20.1. The Morgan fingerprint density at radius 3 is 2.41 bits per heavy atom. The summed E-state index contributed by atoms with van der Waals surface area (Å²) in [6.07, 6.45) is 3.93. The third kappa shape index (κ3) is 4.87. The average Bonchev–Trinajstić information content (AvgIpc) is 3.12. The lowest BCUT2D eigenvalue weighted by atomic mass is 9.97. The van der Waals surface area contributed by atoms with Gasteiger partial charge >= 0.3 is 0 Å². The lowest BCUT2D eigenvalue weighted by molar-refractivity contribution is -0.122. The highest BCUT2D eigenvalue weighted by atomic mass is 32.2. The molecule has 29 heavy (non-hydrogen) atoms. The number of hydrogen-bond acceptors (Lipinski definition) is 3. The van der Waals surface area contributed by atoms with Crippen LogP contribution in [0.4, 0.5) is 0 Å². The van der Waals surface area contributed by atoms with Crippen LogP contribution in [0.15, 0.2) is 54.6 Å². The van der Waals surface area contributed by atoms with Crippen molar-refractivity contribution in [3.05, 3.63) is 71.3 Å². The molecule has 2 aliphatic rings. The van der Waals surface area contributed by atoms with Crippen LogP contribution < -0.4 is 5.32 Å². The van der Waals surface area contributed by atoms with Crippen LogP contribution in [0.1, 0.15) is 48.3 Å². The molecule has 2 aromatic carbocycles. The number of benzene rings is 2. The molecule has 1 aliphatic heterocycles. The minimum atomic E-state index is -3.32. The van der Waals surface area contributed by atoms with Crippen molar-refractivity contribution in [1.82, 2.24) is 9.62 Å². The van der Waals surface area contributed by atoms with Gasteiger partial charge in [-0.1, -0.05) is 54.6 Å². The zero-order valence-corrected chi connectivity index (χ0v) is 17.4. The first-order chi connectivity index (χ1) is 14.0. The molecule has 0 saturated carbocycles. The number of rotatable bonds is 6. The largest absolute Gasteiger partial charge is 0.353 e. The van der Waals surface area contributed by atoms with Crippen LogP contribution >= 0.6 is 0 Å². The Balaban J connectivity index is 1.26. The number of carbonyl (C=O) groups excluding carboxylic acids is 1. The van der Waals surface area contributed by atoms with Gasteiger partial charge in [0.2, 0.25) is 15.9 Å². The van der Waals surface area contributed by atoms with Gasteiger partial charge in [0.25, 0.3) is 0 Å². The van der Waals surface area contributed by atoms with Gasteiger partial charge in [-0.15, -0.1) is 0 Å². The van der Waals surface area contributed by atoms with Gasteiger partial charge in [0.1, 0.15) is 0 Å². The van der Waals surface area contributed by atoms with Gasteiger partial charge in [0.15, 0.2) is 0 Å². The van der Waals surface area contributed by atoms with Gasteiger partial charge in [-0.25, -0.2) is 12.7 Å². The van der Waals surface area contributed by atoms with E-state index in [-0.39, 0.29) is 17.7 Å². The summed E-state index contributed by atoms with van der Waals surface area (Å²) in [5.74, 6) is 0.418. The minimum Gasteiger partial charge on any atom is -0.353 e. The predicted molar refractivity (Wildman–Crippen MR) is 114 cm³/mol. The summed E-state index contributed by atoms with van der Waals surface area (Å²) in [4.78, 5) is 12.6. The summed E-state index contributed by atoms with van der Waals surface area (Å²) in [6, 6.07) is 17.7. The molecular formula is C23H28N2O3S. The highest BCUT2D eigenvalue weighted by molar-refractivity contribution is 7.88. The molecule has 1 saturated heterocycles. The molecule has 6 heteroatoms. The van der Waals surface area contributed by atoms with E-state index in [9.17, 15) is 13.2 Å². The maximum atomic E-state index is 12.7. The van der Waals surface area contributed by atoms with E-state index in [1.165, 1.54) is 11.1 Å². The molecule has 1 unspecified atom stereocenters. The Morgan fingerprint density at radius 1 is 0.966 bits per heavy atom. The van der Waals surface area contributed by atoms with Crippen molar-refractivity contribution in [3.63, 3.8) is 0 Å². The average molecular weight is 413 g/mol. The third-order valence-electron chi connectivity index (χ3n) is 6.09. The fraction of sp³-hybridized carbons (Fsp3) is 0.435. The van der Waals surface area contributed by atoms with E-state index in [4.69, 9.17) is 0 Å². The Bertz CT molecular complexity index is 951. The zero-order valence-electron chi connectivity index (χ0n) is 16.6. The molecular weight excluding hydrogens is 384 g/mol. The molecule has 1 N–H and O–H groups in total. The normalized spacial score (nSPS) is 20.3. The standard InChI is InChI=1S/C23H28N2O3S/c26-23(16-20-11-10-19-8-4-5-9-22(19)20)24-21-12-14-25(15-13-21)29(27,28)17-18-6-2-1-3-7-18/h1-9,20-21H,10-17H2,(H,24,26). The smallest absolute Gasteiger partial charge is 0.220 e. The number of sulfonamides is 1. The van der Waals surface area contributed by atoms with Gasteiger partial charge < -0.3 is 5.32 Å². The van der Waals surface area contributed by atoms with E-state index in [0.29, 0.717) is 38.3 Å². The Morgan fingerprint density at radius 2 is 1.66 bits per heavy atom. The summed E-state index contributed by atoms with van der Waals surface area (Å²) >= 11 is 0. The van der Waals surface area contributed by atoms with Gasteiger partial charge in [0, 0.05) is 25.6 Å². The van der Waals surface area contributed by atoms with Crippen LogP contribution in [0.5, 0.6) is 0 Å². The Hall–Kier alpha value is -2.18. The van der Waals surface area contributed by atoms with Gasteiger partial charge in [-0.05, 0) is 48.3 Å². The first-order valence-electron chi connectivity index (χ1n) is 10.4. The third-order valence-corrected chi connectivity index (χ3v) is 7.94. The number of carbonyl (C=O) groups is 1. The number of aryl methyl sites for hydroxylation is 1. The van der Waals surface area contributed by atoms with Crippen molar-refractivity contribution >= 4 is 15.9 Å². The van der Waals surface area contributed by atoms with Crippen LogP contribution in [-0.2, 0) is 27.0 Å². The maximum Gasteiger partial charge on any atom is 0.220 e. The second kappa shape index (κ2) is 8.67. The molecule has 0 radical (unpaired) electrons. The summed E-state index contributed by atoms with van der Waals surface area (Å²) < 4.78 is 26.9. The van der Waals surface area contributed by atoms with E-state index in [1.54, 1.807) is 4.31 Å². The van der Waals surface area contributed by atoms with Crippen molar-refractivity contribution in [3.8, 4) is 0 Å². The van der Waals surface area contributed by atoms with Crippen molar-refractivity contribution in [2.24, 2.45) is 0 Å². The van der Waals surface area contributed by atoms with E-state index < -0.39 is 10.0 Å². The number of nitrogens with zero attached hydrogens (tertiary/aromatic N) is 1. The van der Waals surface area contributed by atoms with Crippen molar-refractivity contribution in [1.29, 1.82) is 0 Å². The Kier molecular flexibility index (Phi) is 6.01. The maximum absolute atomic E-state index is 12.7. The number of piperidine rings is 1. The fourth-order valence-electron chi connectivity index (χ4n) is 4.52. The molecule has 1 fully saturated rings. The molecule has 0 bridgehead atoms. The monoisotopic (exact) mass is 412 g/mol. The van der Waals surface area contributed by atoms with Gasteiger partial charge in [0.05, 0.1) is 5.75 Å². The SMILES string of the molecule is O=C(CC1CCc2ccccc21)NC1CCN(S(=O)(=O)Cc2ccccc2)CC1. The fourth-order valence-corrected chi connectivity index (χ4v) is 6.09.